The van der Waals surface area contributed by atoms with Crippen LogP contribution in [-0.2, 0) is 20.9 Å². The van der Waals surface area contributed by atoms with E-state index in [2.05, 4.69) is 22.0 Å². The Labute approximate surface area is 136 Å². The van der Waals surface area contributed by atoms with Gasteiger partial charge in [0.1, 0.15) is 6.10 Å². The van der Waals surface area contributed by atoms with E-state index < -0.39 is 0 Å². The predicted octanol–water partition coefficient (Wildman–Crippen LogP) is 1.22. The minimum absolute atomic E-state index is 0.0117. The molecule has 0 aliphatic carbocycles. The number of fused-ring (bicyclic) bond motifs is 1. The first-order valence-electron chi connectivity index (χ1n) is 8.50. The van der Waals surface area contributed by atoms with Gasteiger partial charge in [-0.1, -0.05) is 0 Å². The summed E-state index contributed by atoms with van der Waals surface area (Å²) in [5, 5.41) is 1.50. The molecule has 4 rings (SSSR count). The van der Waals surface area contributed by atoms with Crippen molar-refractivity contribution < 1.29 is 14.4 Å². The molecule has 0 spiro atoms. The van der Waals surface area contributed by atoms with Gasteiger partial charge in [-0.2, -0.15) is 0 Å². The fourth-order valence-electron chi connectivity index (χ4n) is 3.83. The van der Waals surface area contributed by atoms with Crippen LogP contribution in [0.3, 0.4) is 0 Å². The van der Waals surface area contributed by atoms with Crippen LogP contribution in [0.2, 0.25) is 0 Å². The number of carbonyl (C=O) groups is 1. The number of hydrogen-bond donors (Lipinski definition) is 0. The Kier molecular flexibility index (Phi) is 4.29. The number of hydrogen-bond acceptors (Lipinski definition) is 5. The number of nitrogens with zero attached hydrogens (tertiary/aromatic N) is 3. The molecule has 124 valence electrons. The average molecular weight is 317 g/mol. The molecule has 3 fully saturated rings. The van der Waals surface area contributed by atoms with Crippen LogP contribution in [-0.4, -0.2) is 59.3 Å². The molecule has 1 amide bonds. The van der Waals surface area contributed by atoms with Crippen molar-refractivity contribution in [3.63, 3.8) is 0 Å². The summed E-state index contributed by atoms with van der Waals surface area (Å²) in [6.07, 6.45) is 6.38. The Morgan fingerprint density at radius 2 is 2.17 bits per heavy atom. The summed E-state index contributed by atoms with van der Waals surface area (Å²) < 4.78 is 6.08. The first-order valence-corrected chi connectivity index (χ1v) is 8.50. The molecule has 6 heteroatoms. The maximum atomic E-state index is 12.4. The Morgan fingerprint density at radius 1 is 1.30 bits per heavy atom. The van der Waals surface area contributed by atoms with E-state index in [1.54, 1.807) is 0 Å². The van der Waals surface area contributed by atoms with E-state index in [9.17, 15) is 4.79 Å². The molecule has 0 bridgehead atoms. The topological polar surface area (TPSA) is 54.9 Å². The van der Waals surface area contributed by atoms with E-state index in [4.69, 9.17) is 9.57 Å². The van der Waals surface area contributed by atoms with E-state index in [0.29, 0.717) is 19.1 Å². The van der Waals surface area contributed by atoms with Crippen LogP contribution in [0.5, 0.6) is 0 Å². The summed E-state index contributed by atoms with van der Waals surface area (Å²) in [7, 11) is 0. The monoisotopic (exact) mass is 317 g/mol. The summed E-state index contributed by atoms with van der Waals surface area (Å²) in [4.78, 5) is 24.3. The number of piperidine rings is 1. The largest absolute Gasteiger partial charge is 0.363 e. The summed E-state index contributed by atoms with van der Waals surface area (Å²) >= 11 is 0. The molecule has 0 aromatic carbocycles. The number of aromatic nitrogens is 1. The smallest absolute Gasteiger partial charge is 0.275 e. The highest BCUT2D eigenvalue weighted by molar-refractivity contribution is 5.80. The highest BCUT2D eigenvalue weighted by Gasteiger charge is 2.43. The van der Waals surface area contributed by atoms with Crippen LogP contribution in [0.25, 0.3) is 0 Å². The molecule has 3 aliphatic rings. The van der Waals surface area contributed by atoms with E-state index in [1.165, 1.54) is 10.6 Å². The fraction of sp³-hybridized carbons (Fsp3) is 0.647. The van der Waals surface area contributed by atoms with Crippen molar-refractivity contribution in [2.24, 2.45) is 5.92 Å². The van der Waals surface area contributed by atoms with Gasteiger partial charge in [-0.3, -0.25) is 19.5 Å². The maximum Gasteiger partial charge on any atom is 0.275 e. The molecule has 1 aromatic heterocycles. The molecule has 0 unspecified atom stereocenters. The van der Waals surface area contributed by atoms with Gasteiger partial charge >= 0.3 is 0 Å². The first kappa shape index (κ1) is 15.1. The predicted molar refractivity (Wildman–Crippen MR) is 83.2 cm³/mol. The van der Waals surface area contributed by atoms with Crippen LogP contribution < -0.4 is 0 Å². The minimum atomic E-state index is -0.316. The Hall–Kier alpha value is -1.50. The molecule has 0 saturated carbocycles. The summed E-state index contributed by atoms with van der Waals surface area (Å²) in [6, 6.07) is 4.11. The Balaban J connectivity index is 1.34. The van der Waals surface area contributed by atoms with Crippen molar-refractivity contribution in [1.29, 1.82) is 0 Å². The summed E-state index contributed by atoms with van der Waals surface area (Å²) in [5.41, 5.74) is 1.27. The van der Waals surface area contributed by atoms with Crippen molar-refractivity contribution in [3.05, 3.63) is 30.1 Å². The molecule has 1 aromatic rings. The molecular weight excluding hydrogens is 294 g/mol. The Morgan fingerprint density at radius 3 is 2.96 bits per heavy atom. The molecule has 23 heavy (non-hydrogen) atoms. The van der Waals surface area contributed by atoms with Crippen molar-refractivity contribution in [1.82, 2.24) is 14.9 Å². The van der Waals surface area contributed by atoms with Gasteiger partial charge in [0.15, 0.2) is 0 Å². The lowest BCUT2D eigenvalue weighted by Crippen LogP contribution is -2.42. The van der Waals surface area contributed by atoms with Crippen LogP contribution in [0.15, 0.2) is 24.5 Å². The van der Waals surface area contributed by atoms with Crippen LogP contribution in [0.4, 0.5) is 0 Å². The second kappa shape index (κ2) is 6.55. The third-order valence-corrected chi connectivity index (χ3v) is 5.07. The molecular formula is C17H23N3O3. The average Bonchev–Trinajstić information content (AvgIpc) is 3.24. The van der Waals surface area contributed by atoms with Gasteiger partial charge in [0.25, 0.3) is 5.91 Å². The van der Waals surface area contributed by atoms with E-state index in [-0.39, 0.29) is 18.1 Å². The molecule has 3 atom stereocenters. The third kappa shape index (κ3) is 3.24. The Bertz CT molecular complexity index is 547. The van der Waals surface area contributed by atoms with Gasteiger partial charge in [0.2, 0.25) is 0 Å². The molecule has 3 saturated heterocycles. The molecule has 0 radical (unpaired) electrons. The van der Waals surface area contributed by atoms with Crippen LogP contribution in [0, 0.1) is 5.92 Å². The van der Waals surface area contributed by atoms with E-state index in [1.807, 2.05) is 12.4 Å². The standard InChI is InChI=1S/C17H23N3O3/c21-17(20-7-1-9-22-20)15-10-14-4-8-19(12-16(14)23-15)11-13-2-5-18-6-3-13/h2-3,5-6,14-16H,1,4,7-12H2/t14-,15-,16+/m0/s1. The van der Waals surface area contributed by atoms with Gasteiger partial charge in [-0.25, -0.2) is 5.06 Å². The molecule has 3 aliphatic heterocycles. The number of hydroxylamine groups is 2. The van der Waals surface area contributed by atoms with Crippen LogP contribution in [0.1, 0.15) is 24.8 Å². The van der Waals surface area contributed by atoms with E-state index in [0.717, 1.165) is 38.9 Å². The normalized spacial score (nSPS) is 31.3. The van der Waals surface area contributed by atoms with E-state index >= 15 is 0 Å². The van der Waals surface area contributed by atoms with Gasteiger partial charge in [-0.15, -0.1) is 0 Å². The number of likely N-dealkylation sites (tertiary alicyclic amines) is 1. The zero-order chi connectivity index (χ0) is 15.6. The van der Waals surface area contributed by atoms with Crippen molar-refractivity contribution in [2.75, 3.05) is 26.2 Å². The lowest BCUT2D eigenvalue weighted by Gasteiger charge is -2.34. The zero-order valence-electron chi connectivity index (χ0n) is 13.3. The second-order valence-corrected chi connectivity index (χ2v) is 6.67. The SMILES string of the molecule is O=C([C@@H]1C[C@@H]2CCN(Cc3ccncc3)C[C@H]2O1)N1CCCO1. The van der Waals surface area contributed by atoms with Crippen molar-refractivity contribution in [3.8, 4) is 0 Å². The number of carbonyl (C=O) groups excluding carboxylic acids is 1. The van der Waals surface area contributed by atoms with Crippen molar-refractivity contribution >= 4 is 5.91 Å². The van der Waals surface area contributed by atoms with Gasteiger partial charge < -0.3 is 4.74 Å². The number of pyridine rings is 1. The first-order chi connectivity index (χ1) is 11.3. The molecule has 4 heterocycles. The molecule has 6 nitrogen and oxygen atoms in total. The highest BCUT2D eigenvalue weighted by Crippen LogP contribution is 2.34. The third-order valence-electron chi connectivity index (χ3n) is 5.07. The van der Waals surface area contributed by atoms with Gasteiger partial charge in [0, 0.05) is 25.5 Å². The maximum absolute atomic E-state index is 12.4. The quantitative estimate of drug-likeness (QED) is 0.839. The number of rotatable bonds is 3. The number of amides is 1. The lowest BCUT2D eigenvalue weighted by atomic mass is 9.91. The molecule has 0 N–H and O–H groups in total. The number of ether oxygens (including phenoxy) is 1. The fourth-order valence-corrected chi connectivity index (χ4v) is 3.83. The zero-order valence-corrected chi connectivity index (χ0v) is 13.3. The summed E-state index contributed by atoms with van der Waals surface area (Å²) in [5.74, 6) is 0.512. The highest BCUT2D eigenvalue weighted by atomic mass is 16.7. The van der Waals surface area contributed by atoms with Crippen LogP contribution >= 0.6 is 0 Å². The van der Waals surface area contributed by atoms with Crippen molar-refractivity contribution in [2.45, 2.75) is 38.0 Å². The lowest BCUT2D eigenvalue weighted by molar-refractivity contribution is -0.180. The van der Waals surface area contributed by atoms with Gasteiger partial charge in [-0.05, 0) is 49.4 Å². The summed E-state index contributed by atoms with van der Waals surface area (Å²) in [6.45, 7) is 4.22. The van der Waals surface area contributed by atoms with Gasteiger partial charge in [0.05, 0.1) is 19.3 Å². The minimum Gasteiger partial charge on any atom is -0.363 e. The second-order valence-electron chi connectivity index (χ2n) is 6.67.